The lowest BCUT2D eigenvalue weighted by Gasteiger charge is -2.37. The number of hydrogen-bond acceptors (Lipinski definition) is 5. The topological polar surface area (TPSA) is 37.0 Å². The van der Waals surface area contributed by atoms with E-state index in [0.29, 0.717) is 6.04 Å². The Morgan fingerprint density at radius 2 is 2.12 bits per heavy atom. The number of morpholine rings is 1. The van der Waals surface area contributed by atoms with Crippen LogP contribution >= 0.6 is 0 Å². The van der Waals surface area contributed by atoms with E-state index in [2.05, 4.69) is 33.3 Å². The van der Waals surface area contributed by atoms with Crippen molar-refractivity contribution in [3.05, 3.63) is 29.3 Å². The Morgan fingerprint density at radius 1 is 1.20 bits per heavy atom. The number of ether oxygens (including phenoxy) is 2. The minimum Gasteiger partial charge on any atom is -0.493 e. The molecule has 138 valence electrons. The summed E-state index contributed by atoms with van der Waals surface area (Å²) in [5, 5.41) is 3.59. The Morgan fingerprint density at radius 3 is 2.96 bits per heavy atom. The molecule has 2 fully saturated rings. The highest BCUT2D eigenvalue weighted by Gasteiger charge is 2.23. The Hall–Kier alpha value is -1.14. The van der Waals surface area contributed by atoms with E-state index in [4.69, 9.17) is 9.47 Å². The summed E-state index contributed by atoms with van der Waals surface area (Å²) in [5.41, 5.74) is 2.81. The second-order valence-electron chi connectivity index (χ2n) is 7.47. The molecule has 0 spiro atoms. The van der Waals surface area contributed by atoms with Crippen LogP contribution in [0.2, 0.25) is 0 Å². The molecule has 1 unspecified atom stereocenters. The number of hydrogen-bond donors (Lipinski definition) is 1. The predicted molar refractivity (Wildman–Crippen MR) is 99.2 cm³/mol. The first-order valence-corrected chi connectivity index (χ1v) is 9.88. The molecule has 5 nitrogen and oxygen atoms in total. The van der Waals surface area contributed by atoms with E-state index in [1.54, 1.807) is 0 Å². The SMILES string of the molecule is c1cc2c(cc1CN(CCN1CCOCC1)C1CCCNC1)CCO2. The molecule has 0 aromatic heterocycles. The molecule has 3 aliphatic rings. The second kappa shape index (κ2) is 8.49. The van der Waals surface area contributed by atoms with E-state index in [-0.39, 0.29) is 0 Å². The molecule has 3 heterocycles. The van der Waals surface area contributed by atoms with Gasteiger partial charge in [-0.2, -0.15) is 0 Å². The zero-order valence-electron chi connectivity index (χ0n) is 15.2. The van der Waals surface area contributed by atoms with Gasteiger partial charge in [-0.15, -0.1) is 0 Å². The number of benzene rings is 1. The van der Waals surface area contributed by atoms with Crippen LogP contribution in [0, 0.1) is 0 Å². The molecule has 3 aliphatic heterocycles. The van der Waals surface area contributed by atoms with Crippen molar-refractivity contribution in [2.75, 3.05) is 59.1 Å². The first-order chi connectivity index (χ1) is 12.4. The molecule has 0 saturated carbocycles. The average Bonchev–Trinajstić information content (AvgIpc) is 3.14. The van der Waals surface area contributed by atoms with Crippen molar-refractivity contribution in [3.8, 4) is 5.75 Å². The molecule has 0 bridgehead atoms. The zero-order valence-corrected chi connectivity index (χ0v) is 15.2. The summed E-state index contributed by atoms with van der Waals surface area (Å²) in [6.07, 6.45) is 3.66. The Bertz CT molecular complexity index is 554. The van der Waals surface area contributed by atoms with Gasteiger partial charge in [0.2, 0.25) is 0 Å². The van der Waals surface area contributed by atoms with E-state index in [0.717, 1.165) is 71.3 Å². The van der Waals surface area contributed by atoms with Gasteiger partial charge in [-0.3, -0.25) is 9.80 Å². The van der Waals surface area contributed by atoms with Crippen molar-refractivity contribution in [3.63, 3.8) is 0 Å². The molecule has 0 radical (unpaired) electrons. The molecule has 2 saturated heterocycles. The largest absolute Gasteiger partial charge is 0.493 e. The minimum absolute atomic E-state index is 0.652. The normalized spacial score (nSPS) is 24.3. The van der Waals surface area contributed by atoms with Crippen LogP contribution in [0.5, 0.6) is 5.75 Å². The molecule has 1 aromatic rings. The van der Waals surface area contributed by atoms with Crippen LogP contribution < -0.4 is 10.1 Å². The second-order valence-corrected chi connectivity index (χ2v) is 7.47. The van der Waals surface area contributed by atoms with E-state index < -0.39 is 0 Å². The van der Waals surface area contributed by atoms with E-state index in [1.165, 1.54) is 30.5 Å². The van der Waals surface area contributed by atoms with Gasteiger partial charge in [0.1, 0.15) is 5.75 Å². The van der Waals surface area contributed by atoms with Crippen molar-refractivity contribution in [2.45, 2.75) is 31.8 Å². The number of fused-ring (bicyclic) bond motifs is 1. The maximum absolute atomic E-state index is 5.66. The smallest absolute Gasteiger partial charge is 0.122 e. The van der Waals surface area contributed by atoms with Crippen LogP contribution in [0.3, 0.4) is 0 Å². The number of rotatable bonds is 6. The molecular formula is C20H31N3O2. The van der Waals surface area contributed by atoms with Crippen molar-refractivity contribution in [2.24, 2.45) is 0 Å². The van der Waals surface area contributed by atoms with Crippen molar-refractivity contribution < 1.29 is 9.47 Å². The molecule has 0 amide bonds. The van der Waals surface area contributed by atoms with Crippen molar-refractivity contribution >= 4 is 0 Å². The van der Waals surface area contributed by atoms with Gasteiger partial charge >= 0.3 is 0 Å². The Labute approximate surface area is 151 Å². The van der Waals surface area contributed by atoms with Crippen LogP contribution in [-0.4, -0.2) is 74.9 Å². The van der Waals surface area contributed by atoms with Crippen LogP contribution in [-0.2, 0) is 17.7 Å². The van der Waals surface area contributed by atoms with Gasteiger partial charge in [-0.25, -0.2) is 0 Å². The summed E-state index contributed by atoms with van der Waals surface area (Å²) in [6, 6.07) is 7.43. The van der Waals surface area contributed by atoms with E-state index in [9.17, 15) is 0 Å². The third kappa shape index (κ3) is 4.53. The highest BCUT2D eigenvalue weighted by Crippen LogP contribution is 2.27. The molecular weight excluding hydrogens is 314 g/mol. The summed E-state index contributed by atoms with van der Waals surface area (Å²) in [4.78, 5) is 5.24. The third-order valence-electron chi connectivity index (χ3n) is 5.73. The fourth-order valence-corrected chi connectivity index (χ4v) is 4.20. The molecule has 5 heteroatoms. The Balaban J connectivity index is 1.40. The van der Waals surface area contributed by atoms with Crippen LogP contribution in [0.1, 0.15) is 24.0 Å². The number of nitrogens with zero attached hydrogens (tertiary/aromatic N) is 2. The highest BCUT2D eigenvalue weighted by molar-refractivity contribution is 5.39. The molecule has 4 rings (SSSR count). The average molecular weight is 345 g/mol. The first-order valence-electron chi connectivity index (χ1n) is 9.88. The van der Waals surface area contributed by atoms with Crippen LogP contribution in [0.25, 0.3) is 0 Å². The number of piperidine rings is 1. The van der Waals surface area contributed by atoms with Gasteiger partial charge < -0.3 is 14.8 Å². The fraction of sp³-hybridized carbons (Fsp3) is 0.700. The van der Waals surface area contributed by atoms with Crippen LogP contribution in [0.15, 0.2) is 18.2 Å². The number of nitrogens with one attached hydrogen (secondary N) is 1. The molecule has 1 aromatic carbocycles. The van der Waals surface area contributed by atoms with Crippen molar-refractivity contribution in [1.82, 2.24) is 15.1 Å². The van der Waals surface area contributed by atoms with Gasteiger partial charge in [0.25, 0.3) is 0 Å². The Kier molecular flexibility index (Phi) is 5.87. The quantitative estimate of drug-likeness (QED) is 0.846. The van der Waals surface area contributed by atoms with E-state index in [1.807, 2.05) is 0 Å². The van der Waals surface area contributed by atoms with Gasteiger partial charge in [0.05, 0.1) is 19.8 Å². The lowest BCUT2D eigenvalue weighted by Crippen LogP contribution is -2.49. The first kappa shape index (κ1) is 17.3. The maximum Gasteiger partial charge on any atom is 0.122 e. The summed E-state index contributed by atoms with van der Waals surface area (Å²) in [7, 11) is 0. The molecule has 0 aliphatic carbocycles. The lowest BCUT2D eigenvalue weighted by molar-refractivity contribution is 0.0290. The highest BCUT2D eigenvalue weighted by atomic mass is 16.5. The summed E-state index contributed by atoms with van der Waals surface area (Å²) < 4.78 is 11.1. The maximum atomic E-state index is 5.66. The van der Waals surface area contributed by atoms with Gasteiger partial charge in [0, 0.05) is 51.7 Å². The third-order valence-corrected chi connectivity index (χ3v) is 5.73. The monoisotopic (exact) mass is 345 g/mol. The minimum atomic E-state index is 0.652. The summed E-state index contributed by atoms with van der Waals surface area (Å²) in [5.74, 6) is 1.09. The zero-order chi connectivity index (χ0) is 16.9. The standard InChI is InChI=1S/C20H31N3O2/c1-2-19(15-21-6-1)23(8-7-22-9-12-24-13-10-22)16-17-3-4-20-18(14-17)5-11-25-20/h3-4,14,19,21H,1-2,5-13,15-16H2. The summed E-state index contributed by atoms with van der Waals surface area (Å²) >= 11 is 0. The van der Waals surface area contributed by atoms with Gasteiger partial charge in [-0.1, -0.05) is 12.1 Å². The van der Waals surface area contributed by atoms with Crippen molar-refractivity contribution in [1.29, 1.82) is 0 Å². The predicted octanol–water partition coefficient (Wildman–Crippen LogP) is 1.51. The van der Waals surface area contributed by atoms with Gasteiger partial charge in [-0.05, 0) is 36.6 Å². The lowest BCUT2D eigenvalue weighted by atomic mass is 10.0. The van der Waals surface area contributed by atoms with E-state index >= 15 is 0 Å². The molecule has 1 atom stereocenters. The summed E-state index contributed by atoms with van der Waals surface area (Å²) in [6.45, 7) is 10.4. The van der Waals surface area contributed by atoms with Gasteiger partial charge in [0.15, 0.2) is 0 Å². The molecule has 1 N–H and O–H groups in total. The van der Waals surface area contributed by atoms with Crippen LogP contribution in [0.4, 0.5) is 0 Å². The fourth-order valence-electron chi connectivity index (χ4n) is 4.20. The molecule has 25 heavy (non-hydrogen) atoms.